The zero-order valence-corrected chi connectivity index (χ0v) is 13.8. The van der Waals surface area contributed by atoms with Crippen molar-refractivity contribution in [2.24, 2.45) is 0 Å². The lowest BCUT2D eigenvalue weighted by molar-refractivity contribution is 0.413. The third-order valence-corrected chi connectivity index (χ3v) is 3.85. The maximum absolute atomic E-state index is 13.3. The second kappa shape index (κ2) is 6.54. The van der Waals surface area contributed by atoms with Crippen LogP contribution in [0.5, 0.6) is 11.5 Å². The van der Waals surface area contributed by atoms with Gasteiger partial charge in [0.05, 0.1) is 23.3 Å². The molecule has 0 heterocycles. The molecule has 0 spiro atoms. The molecule has 2 rings (SSSR count). The normalized spacial score (nSPS) is 12.0. The number of hydrogen-bond acceptors (Lipinski definition) is 3. The van der Waals surface area contributed by atoms with E-state index in [1.807, 2.05) is 6.92 Å². The van der Waals surface area contributed by atoms with Gasteiger partial charge in [0.2, 0.25) is 0 Å². The van der Waals surface area contributed by atoms with Crippen LogP contribution in [-0.2, 0) is 0 Å². The highest BCUT2D eigenvalue weighted by Gasteiger charge is 2.15. The quantitative estimate of drug-likeness (QED) is 0.779. The number of benzene rings is 2. The number of halogens is 3. The van der Waals surface area contributed by atoms with Gasteiger partial charge in [-0.2, -0.15) is 0 Å². The topological polar surface area (TPSA) is 41.5 Å². The lowest BCUT2D eigenvalue weighted by Gasteiger charge is -2.20. The van der Waals surface area contributed by atoms with Crippen LogP contribution >= 0.6 is 27.5 Å². The average molecular weight is 375 g/mol. The Hall–Kier alpha value is -1.46. The molecule has 0 bridgehead atoms. The number of phenolic OH excluding ortho intramolecular Hbond substituents is 1. The van der Waals surface area contributed by atoms with Crippen molar-refractivity contribution in [3.05, 3.63) is 51.2 Å². The Bertz CT molecular complexity index is 666. The van der Waals surface area contributed by atoms with Crippen LogP contribution in [0.15, 0.2) is 34.8 Å². The van der Waals surface area contributed by atoms with Crippen molar-refractivity contribution < 1.29 is 14.2 Å². The smallest absolute Gasteiger partial charge is 0.156 e. The first-order valence-corrected chi connectivity index (χ1v) is 7.37. The first-order valence-electron chi connectivity index (χ1n) is 6.20. The van der Waals surface area contributed by atoms with Crippen molar-refractivity contribution >= 4 is 33.2 Å². The van der Waals surface area contributed by atoms with Crippen LogP contribution < -0.4 is 10.1 Å². The summed E-state index contributed by atoms with van der Waals surface area (Å²) in [5.41, 5.74) is 1.10. The molecule has 0 aliphatic carbocycles. The summed E-state index contributed by atoms with van der Waals surface area (Å²) in [6.45, 7) is 1.81. The molecule has 1 unspecified atom stereocenters. The molecule has 112 valence electrons. The Morgan fingerprint density at radius 3 is 2.71 bits per heavy atom. The summed E-state index contributed by atoms with van der Waals surface area (Å²) >= 11 is 9.40. The van der Waals surface area contributed by atoms with Crippen LogP contribution in [0.4, 0.5) is 10.1 Å². The summed E-state index contributed by atoms with van der Waals surface area (Å²) in [6, 6.07) is 6.92. The monoisotopic (exact) mass is 373 g/mol. The molecule has 0 radical (unpaired) electrons. The lowest BCUT2D eigenvalue weighted by atomic mass is 10.1. The molecule has 0 aromatic heterocycles. The van der Waals surface area contributed by atoms with E-state index in [4.69, 9.17) is 16.3 Å². The zero-order chi connectivity index (χ0) is 15.6. The van der Waals surface area contributed by atoms with Crippen LogP contribution in [0.2, 0.25) is 5.02 Å². The second-order valence-electron chi connectivity index (χ2n) is 4.54. The van der Waals surface area contributed by atoms with Gasteiger partial charge in [-0.15, -0.1) is 0 Å². The number of ether oxygens (including phenoxy) is 1. The fourth-order valence-electron chi connectivity index (χ4n) is 2.06. The Morgan fingerprint density at radius 1 is 1.33 bits per heavy atom. The van der Waals surface area contributed by atoms with Gasteiger partial charge in [-0.05, 0) is 53.2 Å². The highest BCUT2D eigenvalue weighted by Crippen LogP contribution is 2.38. The van der Waals surface area contributed by atoms with Gasteiger partial charge in [-0.25, -0.2) is 4.39 Å². The molecule has 0 saturated carbocycles. The standard InChI is InChI=1S/C15H14BrClFNO2/c1-8(11-7-10(18)3-4-14(11)20)19-13-6-9(17)5-12(16)15(13)21-2/h3-8,19-20H,1-2H3. The van der Waals surface area contributed by atoms with Gasteiger partial charge >= 0.3 is 0 Å². The molecule has 0 amide bonds. The molecule has 2 aromatic carbocycles. The van der Waals surface area contributed by atoms with Gasteiger partial charge in [0, 0.05) is 10.6 Å². The molecular formula is C15H14BrClFNO2. The van der Waals surface area contributed by atoms with E-state index in [1.165, 1.54) is 18.2 Å². The number of phenols is 1. The Morgan fingerprint density at radius 2 is 2.05 bits per heavy atom. The number of methoxy groups -OCH3 is 1. The van der Waals surface area contributed by atoms with Gasteiger partial charge in [-0.3, -0.25) is 0 Å². The minimum atomic E-state index is -0.407. The van der Waals surface area contributed by atoms with Crippen molar-refractivity contribution in [1.82, 2.24) is 0 Å². The SMILES string of the molecule is COc1c(Br)cc(Cl)cc1NC(C)c1cc(F)ccc1O. The summed E-state index contributed by atoms with van der Waals surface area (Å²) in [5, 5.41) is 13.5. The predicted molar refractivity (Wildman–Crippen MR) is 85.8 cm³/mol. The van der Waals surface area contributed by atoms with E-state index < -0.39 is 5.82 Å². The van der Waals surface area contributed by atoms with E-state index in [0.717, 1.165) is 0 Å². The van der Waals surface area contributed by atoms with Gasteiger partial charge in [-0.1, -0.05) is 11.6 Å². The molecule has 0 fully saturated rings. The fourth-order valence-corrected chi connectivity index (χ4v) is 3.03. The summed E-state index contributed by atoms with van der Waals surface area (Å²) in [4.78, 5) is 0. The van der Waals surface area contributed by atoms with E-state index in [-0.39, 0.29) is 11.8 Å². The molecule has 2 aromatic rings. The van der Waals surface area contributed by atoms with Crippen LogP contribution in [0, 0.1) is 5.82 Å². The number of anilines is 1. The van der Waals surface area contributed by atoms with E-state index in [0.29, 0.717) is 26.5 Å². The van der Waals surface area contributed by atoms with Crippen molar-refractivity contribution in [2.45, 2.75) is 13.0 Å². The highest BCUT2D eigenvalue weighted by atomic mass is 79.9. The molecule has 0 aliphatic heterocycles. The summed E-state index contributed by atoms with van der Waals surface area (Å²) in [6.07, 6.45) is 0. The Labute approximate surface area is 135 Å². The van der Waals surface area contributed by atoms with Gasteiger partial charge in [0.15, 0.2) is 5.75 Å². The highest BCUT2D eigenvalue weighted by molar-refractivity contribution is 9.10. The third-order valence-electron chi connectivity index (χ3n) is 3.04. The molecule has 3 nitrogen and oxygen atoms in total. The van der Waals surface area contributed by atoms with Crippen LogP contribution in [-0.4, -0.2) is 12.2 Å². The lowest BCUT2D eigenvalue weighted by Crippen LogP contribution is -2.08. The molecule has 6 heteroatoms. The first kappa shape index (κ1) is 15.9. The Kier molecular flexibility index (Phi) is 4.96. The molecule has 0 aliphatic rings. The van der Waals surface area contributed by atoms with Crippen molar-refractivity contribution in [2.75, 3.05) is 12.4 Å². The number of aromatic hydroxyl groups is 1. The van der Waals surface area contributed by atoms with Crippen LogP contribution in [0.3, 0.4) is 0 Å². The van der Waals surface area contributed by atoms with Gasteiger partial charge in [0.1, 0.15) is 11.6 Å². The van der Waals surface area contributed by atoms with Crippen molar-refractivity contribution in [1.29, 1.82) is 0 Å². The van der Waals surface area contributed by atoms with Crippen molar-refractivity contribution in [3.8, 4) is 11.5 Å². The minimum Gasteiger partial charge on any atom is -0.508 e. The van der Waals surface area contributed by atoms with Crippen molar-refractivity contribution in [3.63, 3.8) is 0 Å². The van der Waals surface area contributed by atoms with Gasteiger partial charge < -0.3 is 15.2 Å². The largest absolute Gasteiger partial charge is 0.508 e. The molecule has 0 saturated heterocycles. The van der Waals surface area contributed by atoms with E-state index in [9.17, 15) is 9.50 Å². The van der Waals surface area contributed by atoms with E-state index >= 15 is 0 Å². The molecular weight excluding hydrogens is 361 g/mol. The summed E-state index contributed by atoms with van der Waals surface area (Å²) < 4.78 is 19.3. The van der Waals surface area contributed by atoms with Gasteiger partial charge in [0.25, 0.3) is 0 Å². The summed E-state index contributed by atoms with van der Waals surface area (Å²) in [7, 11) is 1.55. The molecule has 1 atom stereocenters. The average Bonchev–Trinajstić information content (AvgIpc) is 2.41. The van der Waals surface area contributed by atoms with E-state index in [2.05, 4.69) is 21.2 Å². The zero-order valence-electron chi connectivity index (χ0n) is 11.5. The molecule has 21 heavy (non-hydrogen) atoms. The number of rotatable bonds is 4. The minimum absolute atomic E-state index is 0.0245. The first-order chi connectivity index (χ1) is 9.92. The van der Waals surface area contributed by atoms with Crippen LogP contribution in [0.25, 0.3) is 0 Å². The Balaban J connectivity index is 2.35. The van der Waals surface area contributed by atoms with Crippen LogP contribution in [0.1, 0.15) is 18.5 Å². The third kappa shape index (κ3) is 3.60. The number of nitrogens with one attached hydrogen (secondary N) is 1. The predicted octanol–water partition coefficient (Wildman–Crippen LogP) is 5.13. The van der Waals surface area contributed by atoms with E-state index in [1.54, 1.807) is 19.2 Å². The maximum atomic E-state index is 13.3. The number of hydrogen-bond donors (Lipinski definition) is 2. The summed E-state index contributed by atoms with van der Waals surface area (Å²) in [5.74, 6) is 0.203. The maximum Gasteiger partial charge on any atom is 0.156 e. The molecule has 2 N–H and O–H groups in total. The fraction of sp³-hybridized carbons (Fsp3) is 0.200. The second-order valence-corrected chi connectivity index (χ2v) is 5.83.